The summed E-state index contributed by atoms with van der Waals surface area (Å²) in [5.74, 6) is 0.0926. The predicted molar refractivity (Wildman–Crippen MR) is 50.3 cm³/mol. The summed E-state index contributed by atoms with van der Waals surface area (Å²) in [6.07, 6.45) is 0. The van der Waals surface area contributed by atoms with Crippen LogP contribution in [0.5, 0.6) is 0 Å². The van der Waals surface area contributed by atoms with Crippen molar-refractivity contribution in [3.8, 4) is 0 Å². The molecule has 12 heavy (non-hydrogen) atoms. The van der Waals surface area contributed by atoms with Gasteiger partial charge in [-0.15, -0.1) is 0 Å². The van der Waals surface area contributed by atoms with E-state index in [1.54, 1.807) is 14.1 Å². The van der Waals surface area contributed by atoms with Crippen LogP contribution in [0.15, 0.2) is 0 Å². The molecule has 1 amide bonds. The summed E-state index contributed by atoms with van der Waals surface area (Å²) in [5, 5.41) is 0. The second-order valence-electron chi connectivity index (χ2n) is 1.41. The molecule has 0 fully saturated rings. The molecule has 0 spiro atoms. The van der Waals surface area contributed by atoms with Crippen LogP contribution >= 0.6 is 0 Å². The Morgan fingerprint density at radius 3 is 1.17 bits per heavy atom. The first-order chi connectivity index (χ1) is 2.64. The van der Waals surface area contributed by atoms with Crippen LogP contribution < -0.4 is 0 Å². The van der Waals surface area contributed by atoms with Gasteiger partial charge in [0.25, 0.3) is 0 Å². The van der Waals surface area contributed by atoms with Crippen molar-refractivity contribution in [2.24, 2.45) is 0 Å². The number of carbonyl (C=O) groups is 1. The minimum Gasteiger partial charge on any atom is -0.358 e. The second kappa shape index (κ2) is 29.8. The summed E-state index contributed by atoms with van der Waals surface area (Å²) in [4.78, 5) is 11.6. The molecule has 0 aliphatic rings. The number of nitrogens with zero attached hydrogens (tertiary/aromatic N) is 1. The van der Waals surface area contributed by atoms with Gasteiger partial charge in [0.15, 0.2) is 0 Å². The SMILES string of the molecule is C.CC(=O)N(C)C.[CH3-].[CH3-].[CH3-].[V+2].[W]. The molecule has 0 aromatic heterocycles. The Morgan fingerprint density at radius 1 is 1.08 bits per heavy atom. The largest absolute Gasteiger partial charge is 2.00 e. The Balaban J connectivity index is -0.00000000833. The zero-order valence-electron chi connectivity index (χ0n) is 8.21. The van der Waals surface area contributed by atoms with Crippen LogP contribution in [-0.2, 0) is 44.4 Å². The molecule has 1 radical (unpaired) electrons. The van der Waals surface area contributed by atoms with Crippen LogP contribution in [-0.4, -0.2) is 24.9 Å². The van der Waals surface area contributed by atoms with E-state index in [-0.39, 0.29) is 75.2 Å². The van der Waals surface area contributed by atoms with E-state index >= 15 is 0 Å². The second-order valence-corrected chi connectivity index (χ2v) is 1.41. The van der Waals surface area contributed by atoms with Gasteiger partial charge in [0.1, 0.15) is 0 Å². The van der Waals surface area contributed by atoms with Gasteiger partial charge in [-0.3, -0.25) is 4.79 Å². The standard InChI is InChI=1S/C4H9NO.CH4.3CH3.V.W/c1-4(6)5(2)3;;;;;;/h1-3H3;1H4;3*1H3;;/q;;3*-1;+2;. The average Bonchev–Trinajstić information content (AvgIpc) is 1.36. The van der Waals surface area contributed by atoms with Crippen molar-refractivity contribution in [2.45, 2.75) is 14.4 Å². The van der Waals surface area contributed by atoms with E-state index in [0.29, 0.717) is 0 Å². The molecule has 0 bridgehead atoms. The first kappa shape index (κ1) is 53.3. The van der Waals surface area contributed by atoms with Gasteiger partial charge in [-0.2, -0.15) is 0 Å². The molecule has 0 aliphatic heterocycles. The fraction of sp³-hybridized carbons (Fsp3) is 0.500. The van der Waals surface area contributed by atoms with Crippen LogP contribution in [0.25, 0.3) is 0 Å². The maximum atomic E-state index is 10.1. The van der Waals surface area contributed by atoms with E-state index in [2.05, 4.69) is 0 Å². The van der Waals surface area contributed by atoms with E-state index < -0.39 is 0 Å². The van der Waals surface area contributed by atoms with Crippen LogP contribution in [0.3, 0.4) is 0 Å². The first-order valence-corrected chi connectivity index (χ1v) is 1.82. The van der Waals surface area contributed by atoms with Crippen LogP contribution in [0.2, 0.25) is 0 Å². The normalized spacial score (nSPS) is 3.92. The van der Waals surface area contributed by atoms with Crippen molar-refractivity contribution in [2.75, 3.05) is 14.1 Å². The quantitative estimate of drug-likeness (QED) is 0.587. The fourth-order valence-electron chi connectivity index (χ4n) is 0. The average molecular weight is 383 g/mol. The van der Waals surface area contributed by atoms with Crippen molar-refractivity contribution >= 4 is 5.91 Å². The van der Waals surface area contributed by atoms with Gasteiger partial charge in [-0.1, -0.05) is 7.43 Å². The van der Waals surface area contributed by atoms with E-state index in [9.17, 15) is 4.79 Å². The number of hydrogen-bond acceptors (Lipinski definition) is 1. The Hall–Kier alpha value is 0.743. The van der Waals surface area contributed by atoms with E-state index in [4.69, 9.17) is 0 Å². The monoisotopic (exact) mass is 383 g/mol. The Labute approximate surface area is 106 Å². The van der Waals surface area contributed by atoms with Crippen molar-refractivity contribution < 1.29 is 44.4 Å². The molecule has 2 nitrogen and oxygen atoms in total. The third-order valence-electron chi connectivity index (χ3n) is 0.630. The first-order valence-electron chi connectivity index (χ1n) is 1.82. The molecule has 77 valence electrons. The smallest absolute Gasteiger partial charge is 0.358 e. The number of rotatable bonds is 0. The molecule has 0 aromatic carbocycles. The molecular formula is C8H22NOVW-. The van der Waals surface area contributed by atoms with E-state index in [0.717, 1.165) is 0 Å². The summed E-state index contributed by atoms with van der Waals surface area (Å²) in [6, 6.07) is 0. The third-order valence-corrected chi connectivity index (χ3v) is 0.630. The summed E-state index contributed by atoms with van der Waals surface area (Å²) >= 11 is 0. The minimum absolute atomic E-state index is 0. The summed E-state index contributed by atoms with van der Waals surface area (Å²) in [7, 11) is 3.45. The Morgan fingerprint density at radius 2 is 1.17 bits per heavy atom. The van der Waals surface area contributed by atoms with Crippen LogP contribution in [0.4, 0.5) is 0 Å². The van der Waals surface area contributed by atoms with Gasteiger partial charge >= 0.3 is 18.6 Å². The third kappa shape index (κ3) is 45.3. The van der Waals surface area contributed by atoms with Crippen molar-refractivity contribution in [3.63, 3.8) is 0 Å². The summed E-state index contributed by atoms with van der Waals surface area (Å²) in [5.41, 5.74) is 0. The molecule has 0 aliphatic carbocycles. The van der Waals surface area contributed by atoms with Crippen LogP contribution in [0.1, 0.15) is 14.4 Å². The molecule has 0 N–H and O–H groups in total. The van der Waals surface area contributed by atoms with Crippen molar-refractivity contribution in [3.05, 3.63) is 22.3 Å². The topological polar surface area (TPSA) is 20.3 Å². The number of amides is 1. The van der Waals surface area contributed by atoms with Crippen LogP contribution in [0, 0.1) is 22.3 Å². The predicted octanol–water partition coefficient (Wildman–Crippen LogP) is 2.08. The Kier molecular flexibility index (Phi) is 132. The molecule has 0 heterocycles. The summed E-state index contributed by atoms with van der Waals surface area (Å²) < 4.78 is 0. The van der Waals surface area contributed by atoms with Crippen molar-refractivity contribution in [1.29, 1.82) is 0 Å². The number of carbonyl (C=O) groups excluding carboxylic acids is 1. The molecular weight excluding hydrogens is 361 g/mol. The zero-order chi connectivity index (χ0) is 5.15. The molecule has 0 rings (SSSR count). The summed E-state index contributed by atoms with van der Waals surface area (Å²) in [6.45, 7) is 1.53. The molecule has 0 unspecified atom stereocenters. The molecule has 0 atom stereocenters. The van der Waals surface area contributed by atoms with Crippen molar-refractivity contribution in [1.82, 2.24) is 4.90 Å². The van der Waals surface area contributed by atoms with Gasteiger partial charge in [-0.05, 0) is 0 Å². The maximum absolute atomic E-state index is 10.1. The maximum Gasteiger partial charge on any atom is 2.00 e. The fourth-order valence-corrected chi connectivity index (χ4v) is 0. The molecule has 0 saturated carbocycles. The van der Waals surface area contributed by atoms with Gasteiger partial charge < -0.3 is 27.2 Å². The number of hydrogen-bond donors (Lipinski definition) is 0. The van der Waals surface area contributed by atoms with Gasteiger partial charge in [0, 0.05) is 42.1 Å². The molecule has 0 aromatic rings. The van der Waals surface area contributed by atoms with E-state index in [1.807, 2.05) is 0 Å². The molecule has 4 heteroatoms. The van der Waals surface area contributed by atoms with Gasteiger partial charge in [0.2, 0.25) is 5.91 Å². The Bertz CT molecular complexity index is 70.1. The van der Waals surface area contributed by atoms with Gasteiger partial charge in [0.05, 0.1) is 0 Å². The van der Waals surface area contributed by atoms with Gasteiger partial charge in [-0.25, -0.2) is 0 Å². The molecule has 0 saturated heterocycles. The minimum atomic E-state index is 0. The zero-order valence-corrected chi connectivity index (χ0v) is 12.5. The van der Waals surface area contributed by atoms with E-state index in [1.165, 1.54) is 11.8 Å².